The van der Waals surface area contributed by atoms with Crippen molar-refractivity contribution in [3.8, 4) is 11.8 Å². The SMILES string of the molecule is O=C(CCCC(=O)N(CCNC(=O)Cc1ccc(CP(=O)(O)O)cc1)CCNC(=O)Cc1ccc(CP(=O)(O)O)cc1)NCCCCCC(=O)On1c(O)ccc1O. The standard InChI is InChI=1S/C37H51N5O14P2/c43-31(38-18-3-1-2-7-37(49)56-42-35(47)16-17-36(42)48)5-4-6-34(46)41(21-19-39-32(44)23-27-8-12-29(13-9-27)25-57(50,51)52)22-20-40-33(45)24-28-10-14-30(15-11-28)26-58(53,54)55/h8-17,47-48H,1-7,18-26H2,(H,38,43)(H,39,44)(H,40,45)(H2,50,51,52)(H2,53,54,55). The van der Waals surface area contributed by atoms with Gasteiger partial charge in [-0.1, -0.05) is 55.0 Å². The molecule has 0 spiro atoms. The summed E-state index contributed by atoms with van der Waals surface area (Å²) in [6, 6.07) is 14.9. The molecule has 0 radical (unpaired) electrons. The summed E-state index contributed by atoms with van der Waals surface area (Å²) >= 11 is 0. The number of hydrogen-bond donors (Lipinski definition) is 9. The van der Waals surface area contributed by atoms with E-state index in [1.54, 1.807) is 24.3 Å². The molecule has 0 saturated carbocycles. The zero-order valence-electron chi connectivity index (χ0n) is 31.8. The van der Waals surface area contributed by atoms with Crippen LogP contribution >= 0.6 is 15.2 Å². The first kappa shape index (κ1) is 47.3. The minimum Gasteiger partial charge on any atom is -0.492 e. The number of nitrogens with one attached hydrogen (secondary N) is 3. The quantitative estimate of drug-likeness (QED) is 0.0433. The number of unbranched alkanes of at least 4 members (excludes halogenated alkanes) is 2. The maximum atomic E-state index is 13.2. The lowest BCUT2D eigenvalue weighted by molar-refractivity contribution is -0.145. The molecule has 21 heteroatoms. The highest BCUT2D eigenvalue weighted by Crippen LogP contribution is 2.39. The van der Waals surface area contributed by atoms with Crippen molar-refractivity contribution in [2.24, 2.45) is 0 Å². The Hall–Kier alpha value is -5.03. The van der Waals surface area contributed by atoms with E-state index in [-0.39, 0.29) is 88.3 Å². The average molecular weight is 852 g/mol. The molecule has 19 nitrogen and oxygen atoms in total. The van der Waals surface area contributed by atoms with Gasteiger partial charge in [0, 0.05) is 64.1 Å². The largest absolute Gasteiger partial charge is 0.492 e. The first-order chi connectivity index (χ1) is 27.4. The maximum absolute atomic E-state index is 13.2. The lowest BCUT2D eigenvalue weighted by atomic mass is 10.1. The Morgan fingerprint density at radius 2 is 1.00 bits per heavy atom. The molecule has 0 unspecified atom stereocenters. The average Bonchev–Trinajstić information content (AvgIpc) is 3.44. The smallest absolute Gasteiger partial charge is 0.333 e. The van der Waals surface area contributed by atoms with Crippen LogP contribution in [0.25, 0.3) is 0 Å². The fraction of sp³-hybridized carbons (Fsp3) is 0.432. The molecule has 4 amide bonds. The van der Waals surface area contributed by atoms with E-state index >= 15 is 0 Å². The summed E-state index contributed by atoms with van der Waals surface area (Å²) in [7, 11) is -8.46. The van der Waals surface area contributed by atoms with Crippen molar-refractivity contribution in [1.29, 1.82) is 0 Å². The fourth-order valence-electron chi connectivity index (χ4n) is 5.61. The molecule has 1 heterocycles. The molecule has 0 fully saturated rings. The molecule has 1 aromatic heterocycles. The Labute approximate surface area is 335 Å². The van der Waals surface area contributed by atoms with Crippen LogP contribution in [0.1, 0.15) is 67.2 Å². The van der Waals surface area contributed by atoms with Gasteiger partial charge in [-0.15, -0.1) is 4.73 Å². The van der Waals surface area contributed by atoms with E-state index < -0.39 is 45.2 Å². The van der Waals surface area contributed by atoms with Gasteiger partial charge in [0.1, 0.15) is 0 Å². The topological polar surface area (TPSA) is 294 Å². The Bertz CT molecular complexity index is 1820. The normalized spacial score (nSPS) is 11.4. The number of aromatic nitrogens is 1. The van der Waals surface area contributed by atoms with Gasteiger partial charge in [-0.3, -0.25) is 28.3 Å². The van der Waals surface area contributed by atoms with Gasteiger partial charge < -0.3 is 55.5 Å². The third kappa shape index (κ3) is 19.4. The molecular weight excluding hydrogens is 800 g/mol. The summed E-state index contributed by atoms with van der Waals surface area (Å²) in [5, 5.41) is 27.3. The van der Waals surface area contributed by atoms with Gasteiger partial charge in [0.25, 0.3) is 0 Å². The van der Waals surface area contributed by atoms with Crippen LogP contribution in [0.4, 0.5) is 0 Å². The van der Waals surface area contributed by atoms with Gasteiger partial charge in [0.2, 0.25) is 35.4 Å². The maximum Gasteiger partial charge on any atom is 0.333 e. The number of nitrogens with zero attached hydrogens (tertiary/aromatic N) is 2. The second kappa shape index (κ2) is 23.4. The van der Waals surface area contributed by atoms with Crippen LogP contribution in [-0.4, -0.2) is 102 Å². The highest BCUT2D eigenvalue weighted by atomic mass is 31.2. The third-order valence-electron chi connectivity index (χ3n) is 8.48. The van der Waals surface area contributed by atoms with E-state index in [0.717, 1.165) is 0 Å². The summed E-state index contributed by atoms with van der Waals surface area (Å²) in [6.07, 6.45) is 1.14. The van der Waals surface area contributed by atoms with Crippen LogP contribution in [-0.2, 0) is 58.3 Å². The highest BCUT2D eigenvalue weighted by molar-refractivity contribution is 7.51. The van der Waals surface area contributed by atoms with E-state index in [2.05, 4.69) is 16.0 Å². The number of carbonyl (C=O) groups excluding carboxylic acids is 5. The van der Waals surface area contributed by atoms with E-state index in [9.17, 15) is 43.3 Å². The summed E-state index contributed by atoms with van der Waals surface area (Å²) < 4.78 is 23.1. The van der Waals surface area contributed by atoms with Crippen molar-refractivity contribution < 1.29 is 67.7 Å². The Morgan fingerprint density at radius 3 is 1.47 bits per heavy atom. The second-order valence-electron chi connectivity index (χ2n) is 13.5. The molecule has 2 aromatic carbocycles. The zero-order valence-corrected chi connectivity index (χ0v) is 33.6. The van der Waals surface area contributed by atoms with Crippen LogP contribution in [0, 0.1) is 0 Å². The Kier molecular flexibility index (Phi) is 19.1. The van der Waals surface area contributed by atoms with Crippen LogP contribution < -0.4 is 20.8 Å². The minimum atomic E-state index is -4.23. The molecule has 9 N–H and O–H groups in total. The monoisotopic (exact) mass is 851 g/mol. The first-order valence-corrected chi connectivity index (χ1v) is 22.1. The van der Waals surface area contributed by atoms with Crippen LogP contribution in [0.15, 0.2) is 60.7 Å². The Balaban J connectivity index is 1.42. The van der Waals surface area contributed by atoms with Crippen LogP contribution in [0.3, 0.4) is 0 Å². The third-order valence-corrected chi connectivity index (χ3v) is 10.0. The molecule has 318 valence electrons. The van der Waals surface area contributed by atoms with Crippen LogP contribution in [0.5, 0.6) is 11.8 Å². The molecule has 0 aliphatic heterocycles. The fourth-order valence-corrected chi connectivity index (χ4v) is 6.98. The number of aromatic hydroxyl groups is 2. The number of hydrogen-bond acceptors (Lipinski definition) is 10. The summed E-state index contributed by atoms with van der Waals surface area (Å²) in [6.45, 7) is 0.741. The van der Waals surface area contributed by atoms with Crippen molar-refractivity contribution in [3.63, 3.8) is 0 Å². The van der Waals surface area contributed by atoms with E-state index in [0.29, 0.717) is 52.8 Å². The van der Waals surface area contributed by atoms with Gasteiger partial charge in [0.15, 0.2) is 0 Å². The predicted molar refractivity (Wildman–Crippen MR) is 209 cm³/mol. The van der Waals surface area contributed by atoms with Gasteiger partial charge in [-0.2, -0.15) is 0 Å². The highest BCUT2D eigenvalue weighted by Gasteiger charge is 2.18. The van der Waals surface area contributed by atoms with Crippen molar-refractivity contribution in [3.05, 3.63) is 82.9 Å². The summed E-state index contributed by atoms with van der Waals surface area (Å²) in [4.78, 5) is 106. The molecule has 3 aromatic rings. The van der Waals surface area contributed by atoms with Crippen molar-refractivity contribution in [2.45, 2.75) is 70.1 Å². The Morgan fingerprint density at radius 1 is 0.552 bits per heavy atom. The van der Waals surface area contributed by atoms with E-state index in [1.165, 1.54) is 41.3 Å². The van der Waals surface area contributed by atoms with Gasteiger partial charge in [-0.05, 0) is 41.5 Å². The zero-order chi connectivity index (χ0) is 42.7. The van der Waals surface area contributed by atoms with E-state index in [1.807, 2.05) is 0 Å². The predicted octanol–water partition coefficient (Wildman–Crippen LogP) is 1.60. The summed E-state index contributed by atoms with van der Waals surface area (Å²) in [5.74, 6) is -2.73. The molecule has 0 atom stereocenters. The molecule has 3 rings (SSSR count). The van der Waals surface area contributed by atoms with Crippen molar-refractivity contribution in [2.75, 3.05) is 32.7 Å². The molecule has 58 heavy (non-hydrogen) atoms. The molecule has 0 saturated heterocycles. The second-order valence-corrected chi connectivity index (χ2v) is 16.8. The van der Waals surface area contributed by atoms with Crippen molar-refractivity contribution >= 4 is 44.8 Å². The summed E-state index contributed by atoms with van der Waals surface area (Å²) in [5.41, 5.74) is 2.10. The van der Waals surface area contributed by atoms with Gasteiger partial charge >= 0.3 is 21.2 Å². The molecule has 0 aliphatic carbocycles. The first-order valence-electron chi connectivity index (χ1n) is 18.5. The van der Waals surface area contributed by atoms with E-state index in [4.69, 9.17) is 24.4 Å². The minimum absolute atomic E-state index is 0.00666. The van der Waals surface area contributed by atoms with Crippen LogP contribution in [0.2, 0.25) is 0 Å². The van der Waals surface area contributed by atoms with Crippen molar-refractivity contribution in [1.82, 2.24) is 25.6 Å². The lowest BCUT2D eigenvalue weighted by Crippen LogP contribution is -2.43. The lowest BCUT2D eigenvalue weighted by Gasteiger charge is -2.23. The molecule has 0 bridgehead atoms. The number of rotatable bonds is 25. The number of benzene rings is 2. The van der Waals surface area contributed by atoms with Gasteiger partial charge in [-0.25, -0.2) is 4.79 Å². The number of carbonyl (C=O) groups is 5. The molecular formula is C37H51N5O14P2. The van der Waals surface area contributed by atoms with Gasteiger partial charge in [0.05, 0.1) is 25.2 Å². The number of amides is 4. The molecule has 0 aliphatic rings.